The maximum atomic E-state index is 12.3. The topological polar surface area (TPSA) is 97.1 Å². The van der Waals surface area contributed by atoms with Crippen molar-refractivity contribution >= 4 is 23.6 Å². The Labute approximate surface area is 137 Å². The first-order valence-corrected chi connectivity index (χ1v) is 8.29. The molecule has 1 aliphatic heterocycles. The number of hydrogen-bond acceptors (Lipinski definition) is 5. The van der Waals surface area contributed by atoms with Crippen molar-refractivity contribution < 1.29 is 14.7 Å². The SMILES string of the molecule is Cc1cccc(-n2cc(C(=O)NC3(C(=O)O)CCSC3)nn2)c1. The lowest BCUT2D eigenvalue weighted by atomic mass is 9.99. The first-order chi connectivity index (χ1) is 11.0. The fourth-order valence-corrected chi connectivity index (χ4v) is 3.76. The number of carbonyl (C=O) groups excluding carboxylic acids is 1. The van der Waals surface area contributed by atoms with Crippen LogP contribution in [0.4, 0.5) is 0 Å². The van der Waals surface area contributed by atoms with E-state index in [0.717, 1.165) is 11.3 Å². The second-order valence-electron chi connectivity index (χ2n) is 5.53. The molecule has 1 aliphatic rings. The third-order valence-corrected chi connectivity index (χ3v) is 4.97. The summed E-state index contributed by atoms with van der Waals surface area (Å²) in [5.74, 6) is -0.460. The molecule has 0 bridgehead atoms. The van der Waals surface area contributed by atoms with Crippen LogP contribution in [0.5, 0.6) is 0 Å². The van der Waals surface area contributed by atoms with Crippen molar-refractivity contribution in [2.24, 2.45) is 0 Å². The van der Waals surface area contributed by atoms with Crippen LogP contribution >= 0.6 is 11.8 Å². The van der Waals surface area contributed by atoms with Crippen LogP contribution in [-0.4, -0.2) is 49.0 Å². The minimum atomic E-state index is -1.21. The van der Waals surface area contributed by atoms with Gasteiger partial charge in [-0.3, -0.25) is 4.79 Å². The third-order valence-electron chi connectivity index (χ3n) is 3.78. The van der Waals surface area contributed by atoms with E-state index in [1.165, 1.54) is 22.6 Å². The fraction of sp³-hybridized carbons (Fsp3) is 0.333. The molecule has 1 atom stereocenters. The van der Waals surface area contributed by atoms with E-state index in [1.54, 1.807) is 0 Å². The lowest BCUT2D eigenvalue weighted by molar-refractivity contribution is -0.143. The van der Waals surface area contributed by atoms with Gasteiger partial charge in [-0.05, 0) is 36.8 Å². The molecule has 2 N–H and O–H groups in total. The van der Waals surface area contributed by atoms with E-state index < -0.39 is 17.4 Å². The van der Waals surface area contributed by atoms with Gasteiger partial charge in [0.05, 0.1) is 11.9 Å². The molecule has 7 nitrogen and oxygen atoms in total. The third kappa shape index (κ3) is 3.07. The highest BCUT2D eigenvalue weighted by molar-refractivity contribution is 7.99. The summed E-state index contributed by atoms with van der Waals surface area (Å²) in [6.07, 6.45) is 1.91. The maximum Gasteiger partial charge on any atom is 0.330 e. The van der Waals surface area contributed by atoms with E-state index in [2.05, 4.69) is 15.6 Å². The maximum absolute atomic E-state index is 12.3. The summed E-state index contributed by atoms with van der Waals surface area (Å²) in [6.45, 7) is 1.96. The van der Waals surface area contributed by atoms with Gasteiger partial charge < -0.3 is 10.4 Å². The minimum absolute atomic E-state index is 0.101. The molecule has 1 unspecified atom stereocenters. The number of thioether (sulfide) groups is 1. The Morgan fingerprint density at radius 2 is 2.26 bits per heavy atom. The molecule has 0 spiro atoms. The number of carboxylic acid groups (broad SMARTS) is 1. The Kier molecular flexibility index (Phi) is 4.08. The average Bonchev–Trinajstić information content (AvgIpc) is 3.17. The molecule has 0 radical (unpaired) electrons. The zero-order valence-corrected chi connectivity index (χ0v) is 13.3. The number of nitrogens with one attached hydrogen (secondary N) is 1. The van der Waals surface area contributed by atoms with Crippen LogP contribution in [0.1, 0.15) is 22.5 Å². The van der Waals surface area contributed by atoms with Crippen LogP contribution in [0, 0.1) is 6.92 Å². The van der Waals surface area contributed by atoms with Gasteiger partial charge in [0.1, 0.15) is 5.54 Å². The van der Waals surface area contributed by atoms with Gasteiger partial charge in [-0.25, -0.2) is 9.48 Å². The molecule has 3 rings (SSSR count). The number of rotatable bonds is 4. The highest BCUT2D eigenvalue weighted by Gasteiger charge is 2.43. The van der Waals surface area contributed by atoms with Crippen LogP contribution < -0.4 is 5.32 Å². The first-order valence-electron chi connectivity index (χ1n) is 7.13. The second kappa shape index (κ2) is 6.04. The van der Waals surface area contributed by atoms with E-state index in [-0.39, 0.29) is 5.69 Å². The molecule has 23 heavy (non-hydrogen) atoms. The lowest BCUT2D eigenvalue weighted by Crippen LogP contribution is -2.54. The van der Waals surface area contributed by atoms with Crippen LogP contribution in [-0.2, 0) is 4.79 Å². The number of carboxylic acids is 1. The van der Waals surface area contributed by atoms with Crippen LogP contribution in [0.15, 0.2) is 30.5 Å². The van der Waals surface area contributed by atoms with E-state index in [9.17, 15) is 14.7 Å². The molecule has 0 aliphatic carbocycles. The number of aliphatic carboxylic acids is 1. The highest BCUT2D eigenvalue weighted by Crippen LogP contribution is 2.28. The first kappa shape index (κ1) is 15.5. The van der Waals surface area contributed by atoms with Gasteiger partial charge in [0.15, 0.2) is 5.69 Å². The summed E-state index contributed by atoms with van der Waals surface area (Å²) >= 11 is 1.51. The van der Waals surface area contributed by atoms with Crippen molar-refractivity contribution in [1.29, 1.82) is 0 Å². The van der Waals surface area contributed by atoms with E-state index in [0.29, 0.717) is 17.9 Å². The summed E-state index contributed by atoms with van der Waals surface area (Å²) in [5, 5.41) is 19.8. The van der Waals surface area contributed by atoms with Gasteiger partial charge >= 0.3 is 5.97 Å². The monoisotopic (exact) mass is 332 g/mol. The van der Waals surface area contributed by atoms with Crippen molar-refractivity contribution in [2.45, 2.75) is 18.9 Å². The van der Waals surface area contributed by atoms with E-state index >= 15 is 0 Å². The van der Waals surface area contributed by atoms with Crippen LogP contribution in [0.25, 0.3) is 5.69 Å². The predicted octanol–water partition coefficient (Wildman–Crippen LogP) is 1.27. The number of nitrogens with zero attached hydrogens (tertiary/aromatic N) is 3. The molecule has 1 saturated heterocycles. The van der Waals surface area contributed by atoms with Crippen molar-refractivity contribution in [2.75, 3.05) is 11.5 Å². The van der Waals surface area contributed by atoms with Gasteiger partial charge in [0.25, 0.3) is 5.91 Å². The Bertz CT molecular complexity index is 753. The Morgan fingerprint density at radius 3 is 2.91 bits per heavy atom. The van der Waals surface area contributed by atoms with Gasteiger partial charge in [0.2, 0.25) is 0 Å². The molecular weight excluding hydrogens is 316 g/mol. The van der Waals surface area contributed by atoms with Crippen molar-refractivity contribution in [3.05, 3.63) is 41.7 Å². The lowest BCUT2D eigenvalue weighted by Gasteiger charge is -2.23. The normalized spacial score (nSPS) is 20.4. The number of carbonyl (C=O) groups is 2. The summed E-state index contributed by atoms with van der Waals surface area (Å²) in [5.41, 5.74) is 0.747. The number of benzene rings is 1. The number of aryl methyl sites for hydroxylation is 1. The second-order valence-corrected chi connectivity index (χ2v) is 6.64. The Morgan fingerprint density at radius 1 is 1.43 bits per heavy atom. The Balaban J connectivity index is 1.80. The zero-order valence-electron chi connectivity index (χ0n) is 12.5. The summed E-state index contributed by atoms with van der Waals surface area (Å²) in [4.78, 5) is 23.8. The number of amides is 1. The molecule has 120 valence electrons. The minimum Gasteiger partial charge on any atom is -0.479 e. The average molecular weight is 332 g/mol. The Hall–Kier alpha value is -2.35. The van der Waals surface area contributed by atoms with Gasteiger partial charge in [-0.2, -0.15) is 11.8 Å². The molecule has 0 saturated carbocycles. The summed E-state index contributed by atoms with van der Waals surface area (Å²) < 4.78 is 1.50. The molecular formula is C15H16N4O3S. The van der Waals surface area contributed by atoms with E-state index in [1.807, 2.05) is 31.2 Å². The molecule has 8 heteroatoms. The summed E-state index contributed by atoms with van der Waals surface area (Å²) in [6, 6.07) is 7.63. The van der Waals surface area contributed by atoms with Gasteiger partial charge in [-0.1, -0.05) is 17.3 Å². The van der Waals surface area contributed by atoms with E-state index in [4.69, 9.17) is 0 Å². The molecule has 1 aromatic heterocycles. The number of hydrogen-bond donors (Lipinski definition) is 2. The van der Waals surface area contributed by atoms with Crippen molar-refractivity contribution in [1.82, 2.24) is 20.3 Å². The molecule has 2 aromatic rings. The molecule has 1 amide bonds. The molecule has 1 aromatic carbocycles. The molecule has 2 heterocycles. The van der Waals surface area contributed by atoms with Crippen LogP contribution in [0.2, 0.25) is 0 Å². The smallest absolute Gasteiger partial charge is 0.330 e. The summed E-state index contributed by atoms with van der Waals surface area (Å²) in [7, 11) is 0. The van der Waals surface area contributed by atoms with Gasteiger partial charge in [0, 0.05) is 5.75 Å². The molecule has 1 fully saturated rings. The highest BCUT2D eigenvalue weighted by atomic mass is 32.2. The number of aromatic nitrogens is 3. The predicted molar refractivity (Wildman–Crippen MR) is 85.9 cm³/mol. The van der Waals surface area contributed by atoms with Crippen molar-refractivity contribution in [3.63, 3.8) is 0 Å². The zero-order chi connectivity index (χ0) is 16.4. The fourth-order valence-electron chi connectivity index (χ4n) is 2.43. The quantitative estimate of drug-likeness (QED) is 0.875. The largest absolute Gasteiger partial charge is 0.479 e. The van der Waals surface area contributed by atoms with Crippen molar-refractivity contribution in [3.8, 4) is 5.69 Å². The van der Waals surface area contributed by atoms with Crippen LogP contribution in [0.3, 0.4) is 0 Å². The van der Waals surface area contributed by atoms with Gasteiger partial charge in [-0.15, -0.1) is 5.10 Å². The standard InChI is InChI=1S/C15H16N4O3S/c1-10-3-2-4-11(7-10)19-8-12(17-18-19)13(20)16-15(14(21)22)5-6-23-9-15/h2-4,7-8H,5-6,9H2,1H3,(H,16,20)(H,21,22).